The molecule has 0 aromatic heterocycles. The van der Waals surface area contributed by atoms with Gasteiger partial charge < -0.3 is 0 Å². The van der Waals surface area contributed by atoms with Gasteiger partial charge in [-0.3, -0.25) is 14.2 Å². The van der Waals surface area contributed by atoms with Crippen molar-refractivity contribution in [3.05, 3.63) is 97.5 Å². The Balaban J connectivity index is 2.19. The zero-order valence-electron chi connectivity index (χ0n) is 16.8. The highest BCUT2D eigenvalue weighted by atomic mass is 35.5. The third kappa shape index (κ3) is 5.54. The first kappa shape index (κ1) is 27.1. The minimum absolute atomic E-state index is 0.0783. The molecular weight excluding hydrogens is 564 g/mol. The molecule has 0 saturated carbocycles. The smallest absolute Gasteiger partial charge is 0.288 e. The van der Waals surface area contributed by atoms with E-state index in [9.17, 15) is 40.5 Å². The summed E-state index contributed by atoms with van der Waals surface area (Å²) in [5.74, 6) is -0.969. The maximum atomic E-state index is 13.5. The second-order valence-electron chi connectivity index (χ2n) is 6.91. The van der Waals surface area contributed by atoms with Crippen molar-refractivity contribution in [3.8, 4) is 0 Å². The van der Waals surface area contributed by atoms with Gasteiger partial charge in [0.1, 0.15) is 0 Å². The minimum atomic E-state index is -5.36. The van der Waals surface area contributed by atoms with Gasteiger partial charge in [0.05, 0.1) is 37.6 Å². The molecule has 1 unspecified atom stereocenters. The number of carbonyl (C=O) groups is 2. The third-order valence-corrected chi connectivity index (χ3v) is 6.91. The molecule has 0 aliphatic carbocycles. The average Bonchev–Trinajstić information content (AvgIpc) is 2.75. The topological polar surface area (TPSA) is 51.2 Å². The van der Waals surface area contributed by atoms with Gasteiger partial charge in [0, 0.05) is 10.6 Å². The van der Waals surface area contributed by atoms with Crippen LogP contribution in [0, 0.1) is 0 Å². The van der Waals surface area contributed by atoms with Crippen LogP contribution in [0.2, 0.25) is 15.1 Å². The molecule has 183 valence electrons. The van der Waals surface area contributed by atoms with Crippen LogP contribution in [0.1, 0.15) is 37.4 Å². The lowest BCUT2D eigenvalue weighted by molar-refractivity contribution is -0.143. The molecular formula is C22H9Cl3F6O3P. The highest BCUT2D eigenvalue weighted by molar-refractivity contribution is 7.71. The fourth-order valence-electron chi connectivity index (χ4n) is 3.20. The first-order valence-electron chi connectivity index (χ1n) is 9.21. The molecule has 0 aliphatic heterocycles. The molecule has 3 aromatic carbocycles. The van der Waals surface area contributed by atoms with Gasteiger partial charge in [-0.05, 0) is 36.4 Å². The number of halogens is 9. The maximum absolute atomic E-state index is 13.5. The molecule has 0 bridgehead atoms. The van der Waals surface area contributed by atoms with Gasteiger partial charge in [0.25, 0.3) is 0 Å². The summed E-state index contributed by atoms with van der Waals surface area (Å²) in [6, 6.07) is 7.93. The SMILES string of the molecule is O=C(c1ccccc1[P](=O)C(=O)c1c(C(F)(F)F)cccc1C(F)(F)F)c1c(Cl)cc(Cl)cc1Cl. The molecule has 0 heterocycles. The van der Waals surface area contributed by atoms with Gasteiger partial charge in [-0.1, -0.05) is 53.0 Å². The van der Waals surface area contributed by atoms with Crippen LogP contribution in [0.25, 0.3) is 0 Å². The monoisotopic (exact) mass is 571 g/mol. The van der Waals surface area contributed by atoms with Crippen molar-refractivity contribution in [1.82, 2.24) is 0 Å². The maximum Gasteiger partial charge on any atom is 0.417 e. The Morgan fingerprint density at radius 1 is 0.714 bits per heavy atom. The van der Waals surface area contributed by atoms with Crippen molar-refractivity contribution in [1.29, 1.82) is 0 Å². The van der Waals surface area contributed by atoms with Gasteiger partial charge in [0.2, 0.25) is 5.52 Å². The lowest BCUT2D eigenvalue weighted by Gasteiger charge is -2.18. The Hall–Kier alpha value is -2.45. The Bertz CT molecular complexity index is 1310. The van der Waals surface area contributed by atoms with Gasteiger partial charge in [-0.15, -0.1) is 0 Å². The number of benzene rings is 3. The molecule has 0 aliphatic rings. The van der Waals surface area contributed by atoms with E-state index in [1.54, 1.807) is 0 Å². The highest BCUT2D eigenvalue weighted by Crippen LogP contribution is 2.43. The molecule has 1 radical (unpaired) electrons. The van der Waals surface area contributed by atoms with Crippen molar-refractivity contribution in [3.63, 3.8) is 0 Å². The lowest BCUT2D eigenvalue weighted by Crippen LogP contribution is -2.21. The van der Waals surface area contributed by atoms with Crippen molar-refractivity contribution in [2.75, 3.05) is 0 Å². The predicted octanol–water partition coefficient (Wildman–Crippen LogP) is 8.21. The van der Waals surface area contributed by atoms with Gasteiger partial charge in [0.15, 0.2) is 13.6 Å². The summed E-state index contributed by atoms with van der Waals surface area (Å²) in [6.07, 6.45) is -10.7. The molecule has 0 amide bonds. The molecule has 0 N–H and O–H groups in total. The normalized spacial score (nSPS) is 12.4. The van der Waals surface area contributed by atoms with Gasteiger partial charge in [-0.2, -0.15) is 26.3 Å². The van der Waals surface area contributed by atoms with E-state index < -0.39 is 59.0 Å². The summed E-state index contributed by atoms with van der Waals surface area (Å²) in [5, 5.41) is -0.949. The molecule has 0 fully saturated rings. The summed E-state index contributed by atoms with van der Waals surface area (Å²) in [5.41, 5.74) is -8.34. The molecule has 3 aromatic rings. The molecule has 0 spiro atoms. The van der Waals surface area contributed by atoms with Crippen molar-refractivity contribution < 1.29 is 40.5 Å². The first-order valence-corrected chi connectivity index (χ1v) is 11.6. The fraction of sp³-hybridized carbons (Fsp3) is 0.0909. The Morgan fingerprint density at radius 2 is 1.20 bits per heavy atom. The summed E-state index contributed by atoms with van der Waals surface area (Å²) < 4.78 is 94.0. The number of rotatable bonds is 5. The van der Waals surface area contributed by atoms with Crippen LogP contribution in [0.5, 0.6) is 0 Å². The summed E-state index contributed by atoms with van der Waals surface area (Å²) in [7, 11) is -3.63. The number of hydrogen-bond donors (Lipinski definition) is 0. The summed E-state index contributed by atoms with van der Waals surface area (Å²) in [4.78, 5) is 26.0. The number of alkyl halides is 6. The van der Waals surface area contributed by atoms with Crippen LogP contribution in [0.3, 0.4) is 0 Å². The van der Waals surface area contributed by atoms with Crippen molar-refractivity contribution in [2.24, 2.45) is 0 Å². The predicted molar refractivity (Wildman–Crippen MR) is 119 cm³/mol. The Morgan fingerprint density at radius 3 is 1.69 bits per heavy atom. The lowest BCUT2D eigenvalue weighted by atomic mass is 10.0. The largest absolute Gasteiger partial charge is 0.417 e. The fourth-order valence-corrected chi connectivity index (χ4v) is 5.47. The van der Waals surface area contributed by atoms with Crippen LogP contribution in [-0.2, 0) is 16.9 Å². The van der Waals surface area contributed by atoms with Crippen LogP contribution in [0.15, 0.2) is 54.6 Å². The van der Waals surface area contributed by atoms with Crippen LogP contribution >= 0.6 is 42.6 Å². The average molecular weight is 573 g/mol. The van der Waals surface area contributed by atoms with Gasteiger partial charge >= 0.3 is 12.4 Å². The number of hydrogen-bond acceptors (Lipinski definition) is 3. The number of ketones is 1. The third-order valence-electron chi connectivity index (χ3n) is 4.67. The van der Waals surface area contributed by atoms with E-state index in [-0.39, 0.29) is 32.8 Å². The van der Waals surface area contributed by atoms with E-state index in [0.717, 1.165) is 12.1 Å². The van der Waals surface area contributed by atoms with E-state index >= 15 is 0 Å². The first-order chi connectivity index (χ1) is 16.1. The summed E-state index contributed by atoms with van der Waals surface area (Å²) in [6.45, 7) is 0. The van der Waals surface area contributed by atoms with E-state index in [1.807, 2.05) is 0 Å². The second kappa shape index (κ2) is 9.90. The highest BCUT2D eigenvalue weighted by Gasteiger charge is 2.44. The Kier molecular flexibility index (Phi) is 7.67. The number of carbonyl (C=O) groups excluding carboxylic acids is 2. The zero-order valence-corrected chi connectivity index (χ0v) is 19.9. The molecule has 3 rings (SSSR count). The van der Waals surface area contributed by atoms with Gasteiger partial charge in [-0.25, -0.2) is 0 Å². The van der Waals surface area contributed by atoms with Crippen LogP contribution < -0.4 is 5.30 Å². The molecule has 3 nitrogen and oxygen atoms in total. The van der Waals surface area contributed by atoms with Crippen molar-refractivity contribution in [2.45, 2.75) is 12.4 Å². The van der Waals surface area contributed by atoms with E-state index in [4.69, 9.17) is 34.8 Å². The standard InChI is InChI=1S/C22H9Cl3F6O3P/c23-10-8-14(24)18(15(25)9-10)19(32)11-4-1-2-7-16(11)35(34)20(33)17-12(21(26,27)28)5-3-6-13(17)22(29,30)31/h1-9H. The molecule has 35 heavy (non-hydrogen) atoms. The molecule has 1 atom stereocenters. The van der Waals surface area contributed by atoms with Crippen LogP contribution in [0.4, 0.5) is 26.3 Å². The molecule has 13 heteroatoms. The summed E-state index contributed by atoms with van der Waals surface area (Å²) >= 11 is 17.9. The van der Waals surface area contributed by atoms with Crippen LogP contribution in [-0.4, -0.2) is 11.3 Å². The van der Waals surface area contributed by atoms with Crippen molar-refractivity contribution >= 4 is 59.2 Å². The Labute approximate surface area is 209 Å². The van der Waals surface area contributed by atoms with E-state index in [0.29, 0.717) is 6.07 Å². The quantitative estimate of drug-likeness (QED) is 0.176. The van der Waals surface area contributed by atoms with E-state index in [2.05, 4.69) is 0 Å². The zero-order chi connectivity index (χ0) is 26.3. The minimum Gasteiger partial charge on any atom is -0.288 e. The van der Waals surface area contributed by atoms with E-state index in [1.165, 1.54) is 24.3 Å². The molecule has 0 saturated heterocycles. The second-order valence-corrected chi connectivity index (χ2v) is 9.64.